The Morgan fingerprint density at radius 3 is 2.61 bits per heavy atom. The molecule has 0 unspecified atom stereocenters. The van der Waals surface area contributed by atoms with Gasteiger partial charge >= 0.3 is 0 Å². The molecular weight excluding hydrogens is 422 g/mol. The summed E-state index contributed by atoms with van der Waals surface area (Å²) in [6.45, 7) is 1.30. The van der Waals surface area contributed by atoms with Crippen molar-refractivity contribution in [3.63, 3.8) is 0 Å². The van der Waals surface area contributed by atoms with Gasteiger partial charge in [-0.15, -0.1) is 0 Å². The smallest absolute Gasteiger partial charge is 0.271 e. The third-order valence-electron chi connectivity index (χ3n) is 4.99. The summed E-state index contributed by atoms with van der Waals surface area (Å²) in [5, 5.41) is 12.6. The van der Waals surface area contributed by atoms with E-state index in [-0.39, 0.29) is 17.7 Å². The lowest BCUT2D eigenvalue weighted by atomic mass is 10.1. The van der Waals surface area contributed by atoms with Crippen molar-refractivity contribution in [1.82, 2.24) is 24.8 Å². The number of hydrogen-bond donors (Lipinski definition) is 1. The molecule has 0 saturated carbocycles. The van der Waals surface area contributed by atoms with Crippen molar-refractivity contribution < 1.29 is 14.3 Å². The number of hydrogen-bond acceptors (Lipinski definition) is 9. The van der Waals surface area contributed by atoms with Crippen LogP contribution >= 0.6 is 0 Å². The van der Waals surface area contributed by atoms with E-state index in [2.05, 4.69) is 31.3 Å². The summed E-state index contributed by atoms with van der Waals surface area (Å²) in [6, 6.07) is 10.7. The number of anilines is 2. The number of nitrogens with zero attached hydrogens (tertiary/aromatic N) is 6. The van der Waals surface area contributed by atoms with Crippen molar-refractivity contribution >= 4 is 17.5 Å². The van der Waals surface area contributed by atoms with Gasteiger partial charge in [0, 0.05) is 33.1 Å². The van der Waals surface area contributed by atoms with Crippen molar-refractivity contribution in [2.75, 3.05) is 32.6 Å². The zero-order valence-electron chi connectivity index (χ0n) is 18.4. The van der Waals surface area contributed by atoms with Crippen LogP contribution in [0.15, 0.2) is 42.7 Å². The fourth-order valence-corrected chi connectivity index (χ4v) is 3.25. The highest BCUT2D eigenvalue weighted by Crippen LogP contribution is 2.25. The van der Waals surface area contributed by atoms with Crippen LogP contribution in [0, 0.1) is 11.3 Å². The summed E-state index contributed by atoms with van der Waals surface area (Å²) >= 11 is 0. The predicted octanol–water partition coefficient (Wildman–Crippen LogP) is 2.81. The highest BCUT2D eigenvalue weighted by molar-refractivity contribution is 5.92. The van der Waals surface area contributed by atoms with E-state index in [9.17, 15) is 10.1 Å². The van der Waals surface area contributed by atoms with Gasteiger partial charge in [-0.05, 0) is 30.3 Å². The molecule has 1 saturated heterocycles. The largest absolute Gasteiger partial charge is 0.487 e. The van der Waals surface area contributed by atoms with Crippen molar-refractivity contribution in [1.29, 1.82) is 5.26 Å². The summed E-state index contributed by atoms with van der Waals surface area (Å²) < 4.78 is 11.3. The topological polar surface area (TPSA) is 126 Å². The fraction of sp³-hybridized carbons (Fsp3) is 0.304. The van der Waals surface area contributed by atoms with E-state index in [0.29, 0.717) is 47.7 Å². The van der Waals surface area contributed by atoms with E-state index in [4.69, 9.17) is 9.47 Å². The van der Waals surface area contributed by atoms with Crippen molar-refractivity contribution in [2.24, 2.45) is 0 Å². The van der Waals surface area contributed by atoms with Gasteiger partial charge in [-0.25, -0.2) is 19.9 Å². The third-order valence-corrected chi connectivity index (χ3v) is 4.99. The Labute approximate surface area is 191 Å². The van der Waals surface area contributed by atoms with Crippen LogP contribution in [0.2, 0.25) is 0 Å². The zero-order chi connectivity index (χ0) is 23.2. The van der Waals surface area contributed by atoms with Crippen LogP contribution in [0.3, 0.4) is 0 Å². The average molecular weight is 445 g/mol. The summed E-state index contributed by atoms with van der Waals surface area (Å²) in [4.78, 5) is 30.8. The van der Waals surface area contributed by atoms with Gasteiger partial charge in [0.1, 0.15) is 17.9 Å². The molecule has 4 heterocycles. The Kier molecular flexibility index (Phi) is 6.71. The molecule has 1 aliphatic heterocycles. The SMILES string of the molecule is CN(C)C(=O)c1ccc(Nc2nccc(-c3ccc(OC4CCOCC4)c(C#N)n3)n2)cn1. The highest BCUT2D eigenvalue weighted by atomic mass is 16.5. The first-order valence-electron chi connectivity index (χ1n) is 10.5. The highest BCUT2D eigenvalue weighted by Gasteiger charge is 2.18. The first-order chi connectivity index (χ1) is 16.0. The van der Waals surface area contributed by atoms with E-state index in [1.165, 1.54) is 4.90 Å². The Morgan fingerprint density at radius 2 is 1.91 bits per heavy atom. The van der Waals surface area contributed by atoms with E-state index in [0.717, 1.165) is 12.8 Å². The van der Waals surface area contributed by atoms with Gasteiger partial charge in [-0.1, -0.05) is 0 Å². The number of ether oxygens (including phenoxy) is 2. The summed E-state index contributed by atoms with van der Waals surface area (Å²) in [5.74, 6) is 0.617. The molecule has 0 atom stereocenters. The molecule has 1 fully saturated rings. The maximum Gasteiger partial charge on any atom is 0.271 e. The van der Waals surface area contributed by atoms with Crippen molar-refractivity contribution in [2.45, 2.75) is 18.9 Å². The summed E-state index contributed by atoms with van der Waals surface area (Å²) in [7, 11) is 3.34. The predicted molar refractivity (Wildman–Crippen MR) is 120 cm³/mol. The molecule has 33 heavy (non-hydrogen) atoms. The van der Waals surface area contributed by atoms with E-state index < -0.39 is 0 Å². The maximum absolute atomic E-state index is 12.0. The molecule has 1 amide bonds. The second-order valence-corrected chi connectivity index (χ2v) is 7.61. The summed E-state index contributed by atoms with van der Waals surface area (Å²) in [6.07, 6.45) is 4.73. The number of rotatable bonds is 6. The molecule has 0 aromatic carbocycles. The van der Waals surface area contributed by atoms with Gasteiger partial charge in [0.15, 0.2) is 11.4 Å². The lowest BCUT2D eigenvalue weighted by Crippen LogP contribution is -2.26. The molecule has 10 heteroatoms. The molecule has 0 spiro atoms. The molecule has 168 valence electrons. The molecule has 0 aliphatic carbocycles. The van der Waals surface area contributed by atoms with Gasteiger partial charge in [0.25, 0.3) is 5.91 Å². The molecule has 3 aromatic heterocycles. The van der Waals surface area contributed by atoms with Crippen molar-refractivity contribution in [3.8, 4) is 23.2 Å². The van der Waals surface area contributed by atoms with Crippen LogP contribution in [-0.2, 0) is 4.74 Å². The Balaban J connectivity index is 1.50. The number of amides is 1. The number of nitrogens with one attached hydrogen (secondary N) is 1. The molecule has 0 bridgehead atoms. The minimum atomic E-state index is -0.177. The fourth-order valence-electron chi connectivity index (χ4n) is 3.25. The monoisotopic (exact) mass is 445 g/mol. The summed E-state index contributed by atoms with van der Waals surface area (Å²) in [5.41, 5.74) is 2.26. The average Bonchev–Trinajstić information content (AvgIpc) is 2.85. The van der Waals surface area contributed by atoms with Crippen LogP contribution in [0.1, 0.15) is 29.0 Å². The number of aromatic nitrogens is 4. The lowest BCUT2D eigenvalue weighted by molar-refractivity contribution is 0.0253. The molecular formula is C23H23N7O3. The van der Waals surface area contributed by atoms with Gasteiger partial charge in [0.05, 0.1) is 36.5 Å². The third kappa shape index (κ3) is 5.39. The zero-order valence-corrected chi connectivity index (χ0v) is 18.4. The number of carbonyl (C=O) groups excluding carboxylic acids is 1. The number of nitriles is 1. The minimum Gasteiger partial charge on any atom is -0.487 e. The van der Waals surface area contributed by atoms with E-state index in [1.54, 1.807) is 56.8 Å². The minimum absolute atomic E-state index is 0.0152. The van der Waals surface area contributed by atoms with Gasteiger partial charge in [-0.3, -0.25) is 4.79 Å². The van der Waals surface area contributed by atoms with E-state index >= 15 is 0 Å². The molecule has 0 radical (unpaired) electrons. The number of pyridine rings is 2. The molecule has 3 aromatic rings. The van der Waals surface area contributed by atoms with Gasteiger partial charge in [0.2, 0.25) is 5.95 Å². The van der Waals surface area contributed by atoms with Crippen LogP contribution in [0.25, 0.3) is 11.4 Å². The molecule has 10 nitrogen and oxygen atoms in total. The first-order valence-corrected chi connectivity index (χ1v) is 10.5. The van der Waals surface area contributed by atoms with Crippen LogP contribution in [-0.4, -0.2) is 64.2 Å². The lowest BCUT2D eigenvalue weighted by Gasteiger charge is -2.23. The van der Waals surface area contributed by atoms with E-state index in [1.807, 2.05) is 0 Å². The maximum atomic E-state index is 12.0. The second kappa shape index (κ2) is 10.0. The van der Waals surface area contributed by atoms with Gasteiger partial charge in [-0.2, -0.15) is 5.26 Å². The molecule has 1 N–H and O–H groups in total. The Bertz CT molecular complexity index is 1170. The van der Waals surface area contributed by atoms with Crippen LogP contribution in [0.5, 0.6) is 5.75 Å². The quantitative estimate of drug-likeness (QED) is 0.609. The standard InChI is InChI=1S/C23H23N7O3/c1-30(2)22(31)19-4-3-15(14-26-19)27-23-25-10-7-18(29-23)17-5-6-21(20(13-24)28-17)33-16-8-11-32-12-9-16/h3-7,10,14,16H,8-9,11-12H2,1-2H3,(H,25,27,29). The number of carbonyl (C=O) groups is 1. The Morgan fingerprint density at radius 1 is 1.12 bits per heavy atom. The Hall–Kier alpha value is -4.10. The van der Waals surface area contributed by atoms with Crippen LogP contribution < -0.4 is 10.1 Å². The van der Waals surface area contributed by atoms with Crippen LogP contribution in [0.4, 0.5) is 11.6 Å². The molecule has 4 rings (SSSR count). The van der Waals surface area contributed by atoms with Gasteiger partial charge < -0.3 is 19.7 Å². The normalized spacial score (nSPS) is 13.7. The first kappa shape index (κ1) is 22.1. The second-order valence-electron chi connectivity index (χ2n) is 7.61. The van der Waals surface area contributed by atoms with Crippen molar-refractivity contribution in [3.05, 3.63) is 54.1 Å². The molecule has 1 aliphatic rings.